The van der Waals surface area contributed by atoms with Gasteiger partial charge in [-0.25, -0.2) is 4.98 Å². The van der Waals surface area contributed by atoms with E-state index in [9.17, 15) is 9.59 Å². The van der Waals surface area contributed by atoms with Gasteiger partial charge in [0.1, 0.15) is 0 Å². The zero-order chi connectivity index (χ0) is 20.9. The summed E-state index contributed by atoms with van der Waals surface area (Å²) >= 11 is 0. The summed E-state index contributed by atoms with van der Waals surface area (Å²) < 4.78 is 2.09. The lowest BCUT2D eigenvalue weighted by Crippen LogP contribution is -2.37. The molecule has 2 amide bonds. The van der Waals surface area contributed by atoms with Crippen molar-refractivity contribution in [2.24, 2.45) is 0 Å². The molecule has 2 aliphatic rings. The Kier molecular flexibility index (Phi) is 3.93. The van der Waals surface area contributed by atoms with Crippen LogP contribution in [0.15, 0.2) is 67.1 Å². The number of rotatable bonds is 2. The summed E-state index contributed by atoms with van der Waals surface area (Å²) in [5.41, 5.74) is 5.74. The standard InChI is InChI=1S/C25H20N4O2/c30-24-12-17-8-7-16(11-23(17)27-24)19-3-1-5-21-20(19)4-2-6-22(21)25(31)28-9-10-29-15-26-13-18(29)14-28/h1-8,11,13,15H,9-10,12,14H2,(H,27,30). The Hall–Kier alpha value is -3.93. The molecular weight excluding hydrogens is 388 g/mol. The molecule has 0 saturated heterocycles. The van der Waals surface area contributed by atoms with Crippen LogP contribution in [-0.4, -0.2) is 32.8 Å². The van der Waals surface area contributed by atoms with Crippen LogP contribution in [0.3, 0.4) is 0 Å². The summed E-state index contributed by atoms with van der Waals surface area (Å²) in [4.78, 5) is 31.2. The molecular formula is C25H20N4O2. The molecule has 0 saturated carbocycles. The maximum Gasteiger partial charge on any atom is 0.254 e. The Balaban J connectivity index is 1.41. The third-order valence-corrected chi connectivity index (χ3v) is 6.25. The van der Waals surface area contributed by atoms with E-state index in [4.69, 9.17) is 0 Å². The molecule has 1 N–H and O–H groups in total. The highest BCUT2D eigenvalue weighted by molar-refractivity contribution is 6.11. The predicted octanol–water partition coefficient (Wildman–Crippen LogP) is 3.85. The minimum Gasteiger partial charge on any atom is -0.331 e. The monoisotopic (exact) mass is 408 g/mol. The van der Waals surface area contributed by atoms with E-state index >= 15 is 0 Å². The number of aromatic nitrogens is 2. The lowest BCUT2D eigenvalue weighted by atomic mass is 9.94. The molecule has 0 atom stereocenters. The Morgan fingerprint density at radius 1 is 1.00 bits per heavy atom. The Bertz CT molecular complexity index is 1370. The van der Waals surface area contributed by atoms with E-state index in [1.165, 1.54) is 0 Å². The number of hydrogen-bond donors (Lipinski definition) is 1. The van der Waals surface area contributed by atoms with E-state index in [0.717, 1.165) is 45.4 Å². The average molecular weight is 408 g/mol. The van der Waals surface area contributed by atoms with Crippen LogP contribution in [0.5, 0.6) is 0 Å². The Morgan fingerprint density at radius 2 is 1.87 bits per heavy atom. The van der Waals surface area contributed by atoms with E-state index in [2.05, 4.69) is 27.0 Å². The van der Waals surface area contributed by atoms with Crippen LogP contribution in [0, 0.1) is 0 Å². The van der Waals surface area contributed by atoms with Gasteiger partial charge in [0.05, 0.1) is 25.0 Å². The number of hydrogen-bond acceptors (Lipinski definition) is 3. The molecule has 6 rings (SSSR count). The summed E-state index contributed by atoms with van der Waals surface area (Å²) in [6, 6.07) is 18.1. The lowest BCUT2D eigenvalue weighted by molar-refractivity contribution is -0.115. The van der Waals surface area contributed by atoms with Gasteiger partial charge in [-0.1, -0.05) is 42.5 Å². The summed E-state index contributed by atoms with van der Waals surface area (Å²) in [5.74, 6) is 0.0669. The molecule has 31 heavy (non-hydrogen) atoms. The molecule has 3 heterocycles. The van der Waals surface area contributed by atoms with Gasteiger partial charge in [-0.2, -0.15) is 0 Å². The fourth-order valence-corrected chi connectivity index (χ4v) is 4.66. The van der Waals surface area contributed by atoms with Crippen LogP contribution >= 0.6 is 0 Å². The molecule has 0 aliphatic carbocycles. The fourth-order valence-electron chi connectivity index (χ4n) is 4.66. The first kappa shape index (κ1) is 17.9. The molecule has 4 aromatic rings. The average Bonchev–Trinajstić information content (AvgIpc) is 3.42. The molecule has 6 nitrogen and oxygen atoms in total. The van der Waals surface area contributed by atoms with Crippen molar-refractivity contribution in [2.75, 3.05) is 11.9 Å². The third-order valence-electron chi connectivity index (χ3n) is 6.25. The summed E-state index contributed by atoms with van der Waals surface area (Å²) in [7, 11) is 0. The van der Waals surface area contributed by atoms with E-state index in [0.29, 0.717) is 25.1 Å². The first-order valence-corrected chi connectivity index (χ1v) is 10.4. The minimum atomic E-state index is 0.0285. The first-order chi connectivity index (χ1) is 15.2. The molecule has 2 aliphatic heterocycles. The SMILES string of the molecule is O=C1Cc2ccc(-c3cccc4c(C(=O)N5CCn6cncc6C5)cccc34)cc2N1. The summed E-state index contributed by atoms with van der Waals surface area (Å²) in [6.07, 6.45) is 4.08. The van der Waals surface area contributed by atoms with Crippen LogP contribution in [0.1, 0.15) is 21.6 Å². The number of nitrogens with one attached hydrogen (secondary N) is 1. The molecule has 1 aromatic heterocycles. The zero-order valence-electron chi connectivity index (χ0n) is 16.8. The molecule has 0 bridgehead atoms. The van der Waals surface area contributed by atoms with Gasteiger partial charge in [-0.3, -0.25) is 9.59 Å². The largest absolute Gasteiger partial charge is 0.331 e. The van der Waals surface area contributed by atoms with Crippen molar-refractivity contribution < 1.29 is 9.59 Å². The molecule has 3 aromatic carbocycles. The number of amides is 2. The van der Waals surface area contributed by atoms with Crippen molar-refractivity contribution >= 4 is 28.3 Å². The summed E-state index contributed by atoms with van der Waals surface area (Å²) in [6.45, 7) is 2.00. The van der Waals surface area contributed by atoms with Crippen molar-refractivity contribution in [3.05, 3.63) is 83.9 Å². The van der Waals surface area contributed by atoms with Gasteiger partial charge in [0.2, 0.25) is 5.91 Å². The maximum absolute atomic E-state index is 13.4. The summed E-state index contributed by atoms with van der Waals surface area (Å²) in [5, 5.41) is 4.89. The highest BCUT2D eigenvalue weighted by Crippen LogP contribution is 2.34. The molecule has 0 spiro atoms. The van der Waals surface area contributed by atoms with E-state index < -0.39 is 0 Å². The van der Waals surface area contributed by atoms with Gasteiger partial charge in [0, 0.05) is 30.5 Å². The highest BCUT2D eigenvalue weighted by Gasteiger charge is 2.24. The zero-order valence-corrected chi connectivity index (χ0v) is 16.8. The van der Waals surface area contributed by atoms with E-state index in [1.807, 2.05) is 59.9 Å². The Morgan fingerprint density at radius 3 is 2.81 bits per heavy atom. The topological polar surface area (TPSA) is 67.2 Å². The first-order valence-electron chi connectivity index (χ1n) is 10.4. The van der Waals surface area contributed by atoms with Crippen molar-refractivity contribution in [3.63, 3.8) is 0 Å². The molecule has 152 valence electrons. The number of imidazole rings is 1. The van der Waals surface area contributed by atoms with E-state index in [-0.39, 0.29) is 11.8 Å². The number of anilines is 1. The van der Waals surface area contributed by atoms with Gasteiger partial charge >= 0.3 is 0 Å². The normalized spacial score (nSPS) is 15.0. The van der Waals surface area contributed by atoms with Crippen molar-refractivity contribution in [1.82, 2.24) is 14.5 Å². The molecule has 0 radical (unpaired) electrons. The second kappa shape index (κ2) is 6.80. The van der Waals surface area contributed by atoms with E-state index in [1.54, 1.807) is 0 Å². The van der Waals surface area contributed by atoms with Crippen LogP contribution in [0.4, 0.5) is 5.69 Å². The van der Waals surface area contributed by atoms with Crippen molar-refractivity contribution in [1.29, 1.82) is 0 Å². The van der Waals surface area contributed by atoms with Crippen molar-refractivity contribution in [2.45, 2.75) is 19.5 Å². The number of fused-ring (bicyclic) bond motifs is 3. The van der Waals surface area contributed by atoms with Crippen molar-refractivity contribution in [3.8, 4) is 11.1 Å². The quantitative estimate of drug-likeness (QED) is 0.548. The lowest BCUT2D eigenvalue weighted by Gasteiger charge is -2.28. The van der Waals surface area contributed by atoms with Crippen LogP contribution in [0.25, 0.3) is 21.9 Å². The third kappa shape index (κ3) is 2.91. The van der Waals surface area contributed by atoms with Crippen LogP contribution in [-0.2, 0) is 24.3 Å². The van der Waals surface area contributed by atoms with Gasteiger partial charge in [0.15, 0.2) is 0 Å². The maximum atomic E-state index is 13.4. The number of nitrogens with zero attached hydrogens (tertiary/aromatic N) is 3. The van der Waals surface area contributed by atoms with Gasteiger partial charge in [-0.15, -0.1) is 0 Å². The molecule has 0 unspecified atom stereocenters. The number of carbonyl (C=O) groups excluding carboxylic acids is 2. The molecule has 6 heteroatoms. The van der Waals surface area contributed by atoms with Gasteiger partial charge in [0.25, 0.3) is 5.91 Å². The minimum absolute atomic E-state index is 0.0285. The van der Waals surface area contributed by atoms with Gasteiger partial charge in [-0.05, 0) is 39.6 Å². The fraction of sp³-hybridized carbons (Fsp3) is 0.160. The Labute approximate surface area is 179 Å². The highest BCUT2D eigenvalue weighted by atomic mass is 16.2. The molecule has 0 fully saturated rings. The number of carbonyl (C=O) groups is 2. The second-order valence-corrected chi connectivity index (χ2v) is 8.11. The number of benzene rings is 3. The smallest absolute Gasteiger partial charge is 0.254 e. The van der Waals surface area contributed by atoms with Crippen LogP contribution < -0.4 is 5.32 Å². The second-order valence-electron chi connectivity index (χ2n) is 8.11. The van der Waals surface area contributed by atoms with Gasteiger partial charge < -0.3 is 14.8 Å². The predicted molar refractivity (Wildman–Crippen MR) is 119 cm³/mol. The van der Waals surface area contributed by atoms with Crippen LogP contribution in [0.2, 0.25) is 0 Å².